The second-order valence-electron chi connectivity index (χ2n) is 3.72. The third kappa shape index (κ3) is 2.01. The number of hydrogen-bond acceptors (Lipinski definition) is 6. The lowest BCUT2D eigenvalue weighted by Gasteiger charge is -2.00. The molecule has 6 heteroatoms. The van der Waals surface area contributed by atoms with Crippen molar-refractivity contribution >= 4 is 43.4 Å². The van der Waals surface area contributed by atoms with Crippen LogP contribution < -0.4 is 5.73 Å². The summed E-state index contributed by atoms with van der Waals surface area (Å²) in [6, 6.07) is 4.35. The maximum Gasteiger partial charge on any atom is 0.157 e. The van der Waals surface area contributed by atoms with Gasteiger partial charge in [-0.3, -0.25) is 0 Å². The third-order valence-corrected chi connectivity index (χ3v) is 5.87. The van der Waals surface area contributed by atoms with Crippen molar-refractivity contribution in [3.05, 3.63) is 22.5 Å². The molecule has 1 unspecified atom stereocenters. The Morgan fingerprint density at radius 3 is 2.94 bits per heavy atom. The standard InChI is InChI=1S/C11H11N3S3/c1-2-6(12)10-13-14-11(17-10)9-5-8-7(16-9)3-4-15-8/h3-6H,2,12H2,1H3. The molecule has 2 N–H and O–H groups in total. The van der Waals surface area contributed by atoms with Crippen LogP contribution in [0.15, 0.2) is 17.5 Å². The molecule has 0 aromatic carbocycles. The average Bonchev–Trinajstić information content (AvgIpc) is 3.00. The molecule has 3 rings (SSSR count). The van der Waals surface area contributed by atoms with Gasteiger partial charge < -0.3 is 5.73 Å². The summed E-state index contributed by atoms with van der Waals surface area (Å²) in [4.78, 5) is 1.19. The molecular formula is C11H11N3S3. The molecule has 0 aliphatic rings. The molecule has 88 valence electrons. The summed E-state index contributed by atoms with van der Waals surface area (Å²) in [7, 11) is 0. The third-order valence-electron chi connectivity index (χ3n) is 2.55. The van der Waals surface area contributed by atoms with Crippen LogP contribution in [0.2, 0.25) is 0 Å². The van der Waals surface area contributed by atoms with Gasteiger partial charge in [0.05, 0.1) is 10.9 Å². The highest BCUT2D eigenvalue weighted by Crippen LogP contribution is 2.38. The Kier molecular flexibility index (Phi) is 2.96. The summed E-state index contributed by atoms with van der Waals surface area (Å²) in [5, 5.41) is 12.4. The Balaban J connectivity index is 1.98. The van der Waals surface area contributed by atoms with Crippen LogP contribution >= 0.6 is 34.0 Å². The Bertz CT molecular complexity index is 609. The van der Waals surface area contributed by atoms with E-state index in [0.717, 1.165) is 16.4 Å². The average molecular weight is 281 g/mol. The van der Waals surface area contributed by atoms with Crippen LogP contribution in [0.5, 0.6) is 0 Å². The van der Waals surface area contributed by atoms with Crippen LogP contribution in [-0.2, 0) is 0 Å². The molecule has 0 spiro atoms. The maximum absolute atomic E-state index is 5.95. The molecule has 0 fully saturated rings. The summed E-state index contributed by atoms with van der Waals surface area (Å²) in [6.45, 7) is 2.06. The summed E-state index contributed by atoms with van der Waals surface area (Å²) >= 11 is 5.13. The number of aromatic nitrogens is 2. The van der Waals surface area contributed by atoms with Crippen molar-refractivity contribution in [3.8, 4) is 9.88 Å². The number of nitrogens with two attached hydrogens (primary N) is 1. The van der Waals surface area contributed by atoms with Crippen LogP contribution in [0.25, 0.3) is 19.3 Å². The molecule has 0 saturated heterocycles. The summed E-state index contributed by atoms with van der Waals surface area (Å²) in [5.74, 6) is 0. The monoisotopic (exact) mass is 281 g/mol. The summed E-state index contributed by atoms with van der Waals surface area (Å²) in [6.07, 6.45) is 0.897. The maximum atomic E-state index is 5.95. The van der Waals surface area contributed by atoms with E-state index in [1.54, 1.807) is 34.0 Å². The minimum absolute atomic E-state index is 0.0160. The fourth-order valence-corrected chi connectivity index (χ4v) is 4.61. The zero-order valence-electron chi connectivity index (χ0n) is 9.21. The molecule has 0 amide bonds. The molecule has 17 heavy (non-hydrogen) atoms. The van der Waals surface area contributed by atoms with E-state index >= 15 is 0 Å². The minimum Gasteiger partial charge on any atom is -0.322 e. The number of hydrogen-bond donors (Lipinski definition) is 1. The molecule has 3 nitrogen and oxygen atoms in total. The van der Waals surface area contributed by atoms with Gasteiger partial charge in [-0.1, -0.05) is 18.3 Å². The first-order valence-corrected chi connectivity index (χ1v) is 7.85. The van der Waals surface area contributed by atoms with Crippen molar-refractivity contribution in [1.82, 2.24) is 10.2 Å². The lowest BCUT2D eigenvalue weighted by Crippen LogP contribution is -2.07. The van der Waals surface area contributed by atoms with Gasteiger partial charge in [-0.2, -0.15) is 0 Å². The minimum atomic E-state index is 0.0160. The first kappa shape index (κ1) is 11.3. The second kappa shape index (κ2) is 4.45. The molecular weight excluding hydrogens is 270 g/mol. The number of thiophene rings is 2. The fourth-order valence-electron chi connectivity index (χ4n) is 1.53. The highest BCUT2D eigenvalue weighted by Gasteiger charge is 2.14. The van der Waals surface area contributed by atoms with Crippen LogP contribution in [0.3, 0.4) is 0 Å². The summed E-state index contributed by atoms with van der Waals surface area (Å²) < 4.78 is 2.64. The number of nitrogens with zero attached hydrogens (tertiary/aromatic N) is 2. The first-order chi connectivity index (χ1) is 8.28. The summed E-state index contributed by atoms with van der Waals surface area (Å²) in [5.41, 5.74) is 5.95. The van der Waals surface area contributed by atoms with Gasteiger partial charge in [-0.25, -0.2) is 0 Å². The van der Waals surface area contributed by atoms with Crippen LogP contribution in [0, 0.1) is 0 Å². The van der Waals surface area contributed by atoms with Gasteiger partial charge in [-0.05, 0) is 23.9 Å². The Hall–Kier alpha value is -0.820. The predicted octanol–water partition coefficient (Wildman–Crippen LogP) is 3.89. The molecule has 3 heterocycles. The van der Waals surface area contributed by atoms with Crippen molar-refractivity contribution in [2.45, 2.75) is 19.4 Å². The van der Waals surface area contributed by atoms with Gasteiger partial charge >= 0.3 is 0 Å². The van der Waals surface area contributed by atoms with E-state index in [2.05, 4.69) is 34.6 Å². The molecule has 0 aliphatic heterocycles. The highest BCUT2D eigenvalue weighted by atomic mass is 32.1. The van der Waals surface area contributed by atoms with Gasteiger partial charge in [0.2, 0.25) is 0 Å². The topological polar surface area (TPSA) is 51.8 Å². The molecule has 3 aromatic heterocycles. The van der Waals surface area contributed by atoms with E-state index < -0.39 is 0 Å². The van der Waals surface area contributed by atoms with Crippen molar-refractivity contribution < 1.29 is 0 Å². The molecule has 1 atom stereocenters. The number of rotatable bonds is 3. The SMILES string of the molecule is CCC(N)c1nnc(-c2cc3sccc3s2)s1. The van der Waals surface area contributed by atoms with Crippen molar-refractivity contribution in [1.29, 1.82) is 0 Å². The van der Waals surface area contributed by atoms with Gasteiger partial charge in [0.15, 0.2) is 5.01 Å². The quantitative estimate of drug-likeness (QED) is 0.792. The molecule has 0 radical (unpaired) electrons. The highest BCUT2D eigenvalue weighted by molar-refractivity contribution is 7.30. The zero-order valence-corrected chi connectivity index (χ0v) is 11.7. The van der Waals surface area contributed by atoms with Crippen molar-refractivity contribution in [3.63, 3.8) is 0 Å². The Morgan fingerprint density at radius 2 is 2.18 bits per heavy atom. The molecule has 3 aromatic rings. The van der Waals surface area contributed by atoms with E-state index in [-0.39, 0.29) is 6.04 Å². The van der Waals surface area contributed by atoms with E-state index in [0.29, 0.717) is 0 Å². The normalized spacial score (nSPS) is 13.3. The molecule has 0 saturated carbocycles. The van der Waals surface area contributed by atoms with E-state index in [1.807, 2.05) is 0 Å². The van der Waals surface area contributed by atoms with Crippen LogP contribution in [-0.4, -0.2) is 10.2 Å². The van der Waals surface area contributed by atoms with Gasteiger partial charge in [0.1, 0.15) is 5.01 Å². The Morgan fingerprint density at radius 1 is 1.29 bits per heavy atom. The second-order valence-corrected chi connectivity index (χ2v) is 6.76. The fraction of sp³-hybridized carbons (Fsp3) is 0.273. The van der Waals surface area contributed by atoms with E-state index in [4.69, 9.17) is 5.73 Å². The van der Waals surface area contributed by atoms with E-state index in [1.165, 1.54) is 14.3 Å². The van der Waals surface area contributed by atoms with Crippen molar-refractivity contribution in [2.75, 3.05) is 0 Å². The first-order valence-electron chi connectivity index (χ1n) is 5.34. The Labute approximate surface area is 111 Å². The predicted molar refractivity (Wildman–Crippen MR) is 75.8 cm³/mol. The molecule has 0 bridgehead atoms. The zero-order chi connectivity index (χ0) is 11.8. The lowest BCUT2D eigenvalue weighted by atomic mass is 10.3. The lowest BCUT2D eigenvalue weighted by molar-refractivity contribution is 0.683. The van der Waals surface area contributed by atoms with Gasteiger partial charge in [-0.15, -0.1) is 32.9 Å². The number of fused-ring (bicyclic) bond motifs is 1. The molecule has 0 aliphatic carbocycles. The smallest absolute Gasteiger partial charge is 0.157 e. The van der Waals surface area contributed by atoms with Crippen molar-refractivity contribution in [2.24, 2.45) is 5.73 Å². The largest absolute Gasteiger partial charge is 0.322 e. The van der Waals surface area contributed by atoms with Gasteiger partial charge in [0, 0.05) is 9.40 Å². The van der Waals surface area contributed by atoms with Crippen LogP contribution in [0.4, 0.5) is 0 Å². The van der Waals surface area contributed by atoms with Gasteiger partial charge in [0.25, 0.3) is 0 Å². The van der Waals surface area contributed by atoms with E-state index in [9.17, 15) is 0 Å². The van der Waals surface area contributed by atoms with Crippen LogP contribution in [0.1, 0.15) is 24.4 Å².